The molecule has 2 amide bonds. The van der Waals surface area contributed by atoms with Crippen LogP contribution in [-0.2, 0) is 27.4 Å². The Morgan fingerprint density at radius 1 is 1.00 bits per heavy atom. The van der Waals surface area contributed by atoms with Crippen molar-refractivity contribution in [3.63, 3.8) is 0 Å². The zero-order valence-corrected chi connectivity index (χ0v) is 17.6. The number of hydrogen-bond acceptors (Lipinski definition) is 5. The predicted octanol–water partition coefficient (Wildman–Crippen LogP) is 2.09. The fourth-order valence-corrected chi connectivity index (χ4v) is 3.09. The molecular formula is C23H28N2O6. The van der Waals surface area contributed by atoms with Gasteiger partial charge >= 0.3 is 12.1 Å². The monoisotopic (exact) mass is 428 g/mol. The molecule has 0 aliphatic rings. The van der Waals surface area contributed by atoms with Crippen LogP contribution in [0.2, 0.25) is 0 Å². The highest BCUT2D eigenvalue weighted by Gasteiger charge is 2.23. The topological polar surface area (TPSA) is 125 Å². The number of ether oxygens (including phenoxy) is 1. The molecule has 0 bridgehead atoms. The molecule has 0 unspecified atom stereocenters. The van der Waals surface area contributed by atoms with Gasteiger partial charge in [-0.2, -0.15) is 0 Å². The van der Waals surface area contributed by atoms with E-state index in [1.54, 1.807) is 0 Å². The average molecular weight is 428 g/mol. The van der Waals surface area contributed by atoms with Crippen LogP contribution in [0.25, 0.3) is 0 Å². The van der Waals surface area contributed by atoms with E-state index < -0.39 is 30.1 Å². The average Bonchev–Trinajstić information content (AvgIpc) is 2.73. The molecule has 0 heterocycles. The molecular weight excluding hydrogens is 400 g/mol. The van der Waals surface area contributed by atoms with Gasteiger partial charge in [0.1, 0.15) is 12.6 Å². The van der Waals surface area contributed by atoms with Crippen LogP contribution >= 0.6 is 0 Å². The second-order valence-electron chi connectivity index (χ2n) is 7.33. The van der Waals surface area contributed by atoms with Gasteiger partial charge in [0.2, 0.25) is 5.91 Å². The quantitative estimate of drug-likeness (QED) is 0.459. The Morgan fingerprint density at radius 2 is 1.65 bits per heavy atom. The summed E-state index contributed by atoms with van der Waals surface area (Å²) in [5, 5.41) is 24.3. The minimum Gasteiger partial charge on any atom is -0.480 e. The number of aliphatic hydroxyl groups excluding tert-OH is 1. The van der Waals surface area contributed by atoms with E-state index in [4.69, 9.17) is 4.74 Å². The third-order valence-electron chi connectivity index (χ3n) is 4.80. The molecule has 4 N–H and O–H groups in total. The maximum Gasteiger partial charge on any atom is 0.407 e. The smallest absolute Gasteiger partial charge is 0.407 e. The number of aliphatic hydroxyl groups is 1. The zero-order chi connectivity index (χ0) is 22.8. The van der Waals surface area contributed by atoms with Crippen molar-refractivity contribution in [2.45, 2.75) is 45.4 Å². The summed E-state index contributed by atoms with van der Waals surface area (Å²) in [4.78, 5) is 35.5. The molecule has 0 aliphatic heterocycles. The van der Waals surface area contributed by atoms with Crippen LogP contribution in [0.15, 0.2) is 48.5 Å². The molecule has 0 saturated carbocycles. The second-order valence-corrected chi connectivity index (χ2v) is 7.33. The summed E-state index contributed by atoms with van der Waals surface area (Å²) in [6.45, 7) is 3.66. The van der Waals surface area contributed by atoms with Crippen LogP contribution in [-0.4, -0.2) is 46.9 Å². The summed E-state index contributed by atoms with van der Waals surface area (Å²) in [5.41, 5.74) is 3.57. The van der Waals surface area contributed by atoms with E-state index in [0.29, 0.717) is 0 Å². The van der Waals surface area contributed by atoms with Gasteiger partial charge in [0.15, 0.2) is 0 Å². The number of carboxylic acid groups (broad SMARTS) is 1. The van der Waals surface area contributed by atoms with E-state index in [1.165, 1.54) is 0 Å². The van der Waals surface area contributed by atoms with Crippen molar-refractivity contribution >= 4 is 18.0 Å². The number of benzene rings is 2. The number of rotatable bonds is 10. The highest BCUT2D eigenvalue weighted by Crippen LogP contribution is 2.15. The van der Waals surface area contributed by atoms with Crippen LogP contribution in [0.1, 0.15) is 28.7 Å². The van der Waals surface area contributed by atoms with Crippen LogP contribution in [0.4, 0.5) is 4.79 Å². The van der Waals surface area contributed by atoms with E-state index in [1.807, 2.05) is 62.4 Å². The minimum atomic E-state index is -1.18. The summed E-state index contributed by atoms with van der Waals surface area (Å²) < 4.78 is 5.03. The highest BCUT2D eigenvalue weighted by molar-refractivity contribution is 5.84. The molecule has 8 nitrogen and oxygen atoms in total. The molecule has 0 radical (unpaired) electrons. The Labute approximate surface area is 181 Å². The second kappa shape index (κ2) is 11.7. The Morgan fingerprint density at radius 3 is 2.26 bits per heavy atom. The summed E-state index contributed by atoms with van der Waals surface area (Å²) >= 11 is 0. The van der Waals surface area contributed by atoms with E-state index in [-0.39, 0.29) is 26.0 Å². The first-order valence-electron chi connectivity index (χ1n) is 9.96. The molecule has 2 rings (SSSR count). The number of aryl methyl sites for hydroxylation is 2. The molecule has 8 heteroatoms. The molecule has 0 fully saturated rings. The summed E-state index contributed by atoms with van der Waals surface area (Å²) in [5.74, 6) is -1.78. The molecule has 0 spiro atoms. The number of amides is 2. The Hall–Kier alpha value is -3.39. The molecule has 166 valence electrons. The lowest BCUT2D eigenvalue weighted by Gasteiger charge is -2.18. The first-order valence-corrected chi connectivity index (χ1v) is 9.96. The third kappa shape index (κ3) is 8.10. The number of carbonyl (C=O) groups excluding carboxylic acids is 2. The number of carbonyl (C=O) groups is 3. The predicted molar refractivity (Wildman–Crippen MR) is 114 cm³/mol. The van der Waals surface area contributed by atoms with Crippen LogP contribution in [0.5, 0.6) is 0 Å². The first-order chi connectivity index (χ1) is 14.8. The SMILES string of the molecule is Cc1cccc(C)c1C[C@H](NC(=O)C[C@@H](O)CNC(=O)OCc1ccccc1)C(=O)O. The zero-order valence-electron chi connectivity index (χ0n) is 17.6. The minimum absolute atomic E-state index is 0.0852. The van der Waals surface area contributed by atoms with Crippen molar-refractivity contribution in [1.29, 1.82) is 0 Å². The largest absolute Gasteiger partial charge is 0.480 e. The van der Waals surface area contributed by atoms with Gasteiger partial charge in [-0.05, 0) is 36.1 Å². The van der Waals surface area contributed by atoms with E-state index in [2.05, 4.69) is 10.6 Å². The molecule has 0 saturated heterocycles. The van der Waals surface area contributed by atoms with Gasteiger partial charge in [-0.15, -0.1) is 0 Å². The Kier molecular flexibility index (Phi) is 9.02. The molecule has 2 atom stereocenters. The lowest BCUT2D eigenvalue weighted by atomic mass is 9.96. The number of carboxylic acids is 1. The van der Waals surface area contributed by atoms with Gasteiger partial charge < -0.3 is 25.6 Å². The van der Waals surface area contributed by atoms with E-state index >= 15 is 0 Å². The van der Waals surface area contributed by atoms with Gasteiger partial charge in [0, 0.05) is 13.0 Å². The Balaban J connectivity index is 1.78. The van der Waals surface area contributed by atoms with Crippen molar-refractivity contribution in [2.24, 2.45) is 0 Å². The molecule has 0 aromatic heterocycles. The van der Waals surface area contributed by atoms with Crippen molar-refractivity contribution in [1.82, 2.24) is 10.6 Å². The van der Waals surface area contributed by atoms with Crippen LogP contribution in [0.3, 0.4) is 0 Å². The van der Waals surface area contributed by atoms with Gasteiger partial charge in [-0.1, -0.05) is 48.5 Å². The number of hydrogen-bond donors (Lipinski definition) is 4. The van der Waals surface area contributed by atoms with E-state index in [9.17, 15) is 24.6 Å². The number of aliphatic carboxylic acids is 1. The normalized spacial score (nSPS) is 12.5. The highest BCUT2D eigenvalue weighted by atomic mass is 16.5. The van der Waals surface area contributed by atoms with Gasteiger partial charge in [0.25, 0.3) is 0 Å². The number of alkyl carbamates (subject to hydrolysis) is 1. The van der Waals surface area contributed by atoms with Crippen molar-refractivity contribution in [3.05, 3.63) is 70.8 Å². The fourth-order valence-electron chi connectivity index (χ4n) is 3.09. The summed E-state index contributed by atoms with van der Waals surface area (Å²) in [6.07, 6.45) is -2.12. The van der Waals surface area contributed by atoms with Gasteiger partial charge in [-0.3, -0.25) is 4.79 Å². The van der Waals surface area contributed by atoms with E-state index in [0.717, 1.165) is 22.3 Å². The summed E-state index contributed by atoms with van der Waals surface area (Å²) in [6, 6.07) is 13.6. The van der Waals surface area contributed by atoms with Gasteiger partial charge in [-0.25, -0.2) is 9.59 Å². The number of nitrogens with one attached hydrogen (secondary N) is 2. The lowest BCUT2D eigenvalue weighted by Crippen LogP contribution is -2.44. The fraction of sp³-hybridized carbons (Fsp3) is 0.348. The molecule has 2 aromatic rings. The maximum absolute atomic E-state index is 12.2. The maximum atomic E-state index is 12.2. The van der Waals surface area contributed by atoms with Gasteiger partial charge in [0.05, 0.1) is 12.5 Å². The Bertz CT molecular complexity index is 880. The van der Waals surface area contributed by atoms with Crippen LogP contribution < -0.4 is 10.6 Å². The van der Waals surface area contributed by atoms with Crippen molar-refractivity contribution < 1.29 is 29.3 Å². The molecule has 2 aromatic carbocycles. The van der Waals surface area contributed by atoms with Crippen molar-refractivity contribution in [3.8, 4) is 0 Å². The standard InChI is InChI=1S/C23H28N2O6/c1-15-7-6-8-16(2)19(15)12-20(22(28)29)25-21(27)11-18(26)13-24-23(30)31-14-17-9-4-3-5-10-17/h3-10,18,20,26H,11-14H2,1-2H3,(H,24,30)(H,25,27)(H,28,29)/t18-,20+/m1/s1. The van der Waals surface area contributed by atoms with Crippen LogP contribution in [0, 0.1) is 13.8 Å². The summed E-state index contributed by atoms with van der Waals surface area (Å²) in [7, 11) is 0. The lowest BCUT2D eigenvalue weighted by molar-refractivity contribution is -0.142. The molecule has 0 aliphatic carbocycles. The third-order valence-corrected chi connectivity index (χ3v) is 4.80. The van der Waals surface area contributed by atoms with Crippen molar-refractivity contribution in [2.75, 3.05) is 6.54 Å². The first kappa shape index (κ1) is 23.9. The molecule has 31 heavy (non-hydrogen) atoms.